The third-order valence-corrected chi connectivity index (χ3v) is 5.14. The van der Waals surface area contributed by atoms with E-state index >= 15 is 0 Å². The molecule has 1 aromatic carbocycles. The summed E-state index contributed by atoms with van der Waals surface area (Å²) >= 11 is 0. The number of rotatable bonds is 7. The number of carbonyl (C=O) groups is 2. The molecule has 0 saturated carbocycles. The summed E-state index contributed by atoms with van der Waals surface area (Å²) < 4.78 is 12.1. The Hall–Kier alpha value is -1.69. The Bertz CT molecular complexity index is 548. The first-order valence-corrected chi connectivity index (χ1v) is 8.96. The number of amides is 2. The van der Waals surface area contributed by atoms with Gasteiger partial charge in [-0.1, -0.05) is 25.1 Å². The molecule has 0 bridgehead atoms. The Morgan fingerprint density at radius 2 is 2.09 bits per heavy atom. The van der Waals surface area contributed by atoms with Gasteiger partial charge < -0.3 is 10.2 Å². The summed E-state index contributed by atoms with van der Waals surface area (Å²) in [6.45, 7) is 2.90. The van der Waals surface area contributed by atoms with Gasteiger partial charge in [-0.05, 0) is 25.0 Å². The largest absolute Gasteiger partial charge is 0.353 e. The van der Waals surface area contributed by atoms with Crippen LogP contribution in [0.25, 0.3) is 0 Å². The molecule has 1 aromatic rings. The van der Waals surface area contributed by atoms with Crippen LogP contribution in [-0.2, 0) is 20.4 Å². The fourth-order valence-electron chi connectivity index (χ4n) is 2.62. The van der Waals surface area contributed by atoms with Crippen molar-refractivity contribution in [3.8, 4) is 0 Å². The van der Waals surface area contributed by atoms with E-state index in [-0.39, 0.29) is 11.8 Å². The topological polar surface area (TPSA) is 66.5 Å². The predicted octanol–water partition coefficient (Wildman–Crippen LogP) is 1.31. The second-order valence-electron chi connectivity index (χ2n) is 5.27. The Balaban J connectivity index is 1.81. The lowest BCUT2D eigenvalue weighted by molar-refractivity contribution is -0.137. The molecule has 1 fully saturated rings. The fourth-order valence-corrected chi connectivity index (χ4v) is 3.60. The maximum atomic E-state index is 12.2. The lowest BCUT2D eigenvalue weighted by Gasteiger charge is -2.25. The maximum absolute atomic E-state index is 12.2. The van der Waals surface area contributed by atoms with Crippen LogP contribution in [0.2, 0.25) is 0 Å². The van der Waals surface area contributed by atoms with E-state index in [9.17, 15) is 13.8 Å². The van der Waals surface area contributed by atoms with Crippen molar-refractivity contribution in [1.29, 1.82) is 0 Å². The number of hydrogen-bond acceptors (Lipinski definition) is 3. The Morgan fingerprint density at radius 3 is 2.68 bits per heavy atom. The third-order valence-electron chi connectivity index (χ3n) is 3.77. The van der Waals surface area contributed by atoms with Crippen LogP contribution < -0.4 is 5.32 Å². The molecular formula is C16H22N2O3S. The van der Waals surface area contributed by atoms with Crippen LogP contribution in [-0.4, -0.2) is 45.8 Å². The van der Waals surface area contributed by atoms with Gasteiger partial charge in [0.1, 0.15) is 6.04 Å². The van der Waals surface area contributed by atoms with Crippen molar-refractivity contribution in [2.75, 3.05) is 18.8 Å². The molecule has 6 heteroatoms. The highest BCUT2D eigenvalue weighted by Crippen LogP contribution is 2.15. The molecular weight excluding hydrogens is 300 g/mol. The summed E-state index contributed by atoms with van der Waals surface area (Å²) in [5, 5.41) is 2.81. The number of hydrogen-bond donors (Lipinski definition) is 1. The fraction of sp³-hybridized carbons (Fsp3) is 0.500. The van der Waals surface area contributed by atoms with E-state index in [1.54, 1.807) is 4.90 Å². The van der Waals surface area contributed by atoms with Gasteiger partial charge in [-0.3, -0.25) is 13.8 Å². The molecule has 2 amide bonds. The highest BCUT2D eigenvalue weighted by Gasteiger charge is 2.31. The number of carbonyl (C=O) groups excluding carboxylic acids is 2. The van der Waals surface area contributed by atoms with Gasteiger partial charge in [-0.15, -0.1) is 0 Å². The summed E-state index contributed by atoms with van der Waals surface area (Å²) in [4.78, 5) is 26.4. The van der Waals surface area contributed by atoms with Crippen molar-refractivity contribution in [2.24, 2.45) is 0 Å². The van der Waals surface area contributed by atoms with Gasteiger partial charge in [-0.25, -0.2) is 0 Å². The van der Waals surface area contributed by atoms with Gasteiger partial charge in [0, 0.05) is 30.2 Å². The molecule has 2 atom stereocenters. The van der Waals surface area contributed by atoms with Gasteiger partial charge in [0.25, 0.3) is 0 Å². The molecule has 0 aliphatic carbocycles. The maximum Gasteiger partial charge on any atom is 0.242 e. The van der Waals surface area contributed by atoms with Crippen molar-refractivity contribution >= 4 is 22.6 Å². The molecule has 0 radical (unpaired) electrons. The number of benzene rings is 1. The number of nitrogens with zero attached hydrogens (tertiary/aromatic N) is 1. The van der Waals surface area contributed by atoms with Crippen LogP contribution in [0.4, 0.5) is 0 Å². The van der Waals surface area contributed by atoms with Crippen LogP contribution in [0, 0.1) is 0 Å². The minimum Gasteiger partial charge on any atom is -0.353 e. The summed E-state index contributed by atoms with van der Waals surface area (Å²) in [5.74, 6) is 0.276. The number of likely N-dealkylation sites (tertiary alicyclic amines) is 1. The summed E-state index contributed by atoms with van der Waals surface area (Å²) in [6, 6.07) is 8.79. The van der Waals surface area contributed by atoms with Gasteiger partial charge in [-0.2, -0.15) is 0 Å². The van der Waals surface area contributed by atoms with Crippen LogP contribution in [0.5, 0.6) is 0 Å². The Labute approximate surface area is 133 Å². The monoisotopic (exact) mass is 322 g/mol. The molecule has 1 saturated heterocycles. The molecule has 120 valence electrons. The molecule has 5 nitrogen and oxygen atoms in total. The average Bonchev–Trinajstić information content (AvgIpc) is 2.95. The molecule has 0 aromatic heterocycles. The number of nitrogens with one attached hydrogen (secondary N) is 1. The molecule has 1 N–H and O–H groups in total. The second kappa shape index (κ2) is 8.08. The molecule has 1 aliphatic rings. The molecule has 1 aliphatic heterocycles. The van der Waals surface area contributed by atoms with E-state index in [1.165, 1.54) is 0 Å². The quantitative estimate of drug-likeness (QED) is 0.823. The Kier molecular flexibility index (Phi) is 6.12. The van der Waals surface area contributed by atoms with E-state index in [0.717, 1.165) is 11.3 Å². The van der Waals surface area contributed by atoms with E-state index in [0.29, 0.717) is 31.7 Å². The molecule has 0 spiro atoms. The van der Waals surface area contributed by atoms with Crippen LogP contribution in [0.3, 0.4) is 0 Å². The Morgan fingerprint density at radius 1 is 1.36 bits per heavy atom. The van der Waals surface area contributed by atoms with Crippen molar-refractivity contribution in [1.82, 2.24) is 10.2 Å². The molecule has 2 unspecified atom stereocenters. The lowest BCUT2D eigenvalue weighted by atomic mass is 10.2. The van der Waals surface area contributed by atoms with Gasteiger partial charge in [0.05, 0.1) is 10.8 Å². The normalized spacial score (nSPS) is 17.3. The summed E-state index contributed by atoms with van der Waals surface area (Å²) in [5.41, 5.74) is 0. The lowest BCUT2D eigenvalue weighted by Crippen LogP contribution is -2.47. The average molecular weight is 322 g/mol. The molecule has 1 heterocycles. The minimum atomic E-state index is -1.12. The van der Waals surface area contributed by atoms with Crippen molar-refractivity contribution in [2.45, 2.75) is 37.1 Å². The van der Waals surface area contributed by atoms with Crippen molar-refractivity contribution < 1.29 is 13.8 Å². The SMILES string of the molecule is CCC(C(=O)NCCS(=O)c1ccccc1)N1CCCC1=O. The molecule has 2 rings (SSSR count). The first-order chi connectivity index (χ1) is 10.6. The highest BCUT2D eigenvalue weighted by atomic mass is 32.2. The third kappa shape index (κ3) is 4.16. The summed E-state index contributed by atoms with van der Waals surface area (Å²) in [6.07, 6.45) is 1.95. The van der Waals surface area contributed by atoms with Crippen LogP contribution in [0.1, 0.15) is 26.2 Å². The summed E-state index contributed by atoms with van der Waals surface area (Å²) in [7, 11) is -1.12. The van der Waals surface area contributed by atoms with E-state index < -0.39 is 16.8 Å². The first kappa shape index (κ1) is 16.7. The first-order valence-electron chi connectivity index (χ1n) is 7.64. The highest BCUT2D eigenvalue weighted by molar-refractivity contribution is 7.85. The molecule has 22 heavy (non-hydrogen) atoms. The zero-order valence-corrected chi connectivity index (χ0v) is 13.6. The van der Waals surface area contributed by atoms with Gasteiger partial charge in [0.15, 0.2) is 0 Å². The van der Waals surface area contributed by atoms with E-state index in [2.05, 4.69) is 5.32 Å². The second-order valence-corrected chi connectivity index (χ2v) is 6.84. The predicted molar refractivity (Wildman–Crippen MR) is 85.8 cm³/mol. The standard InChI is InChI=1S/C16H22N2O3S/c1-2-14(18-11-6-9-15(18)19)16(20)17-10-12-22(21)13-7-4-3-5-8-13/h3-5,7-8,14H,2,6,9-12H2,1H3,(H,17,20). The zero-order chi connectivity index (χ0) is 15.9. The van der Waals surface area contributed by atoms with Crippen molar-refractivity contribution in [3.05, 3.63) is 30.3 Å². The minimum absolute atomic E-state index is 0.0508. The van der Waals surface area contributed by atoms with Crippen molar-refractivity contribution in [3.63, 3.8) is 0 Å². The van der Waals surface area contributed by atoms with E-state index in [4.69, 9.17) is 0 Å². The van der Waals surface area contributed by atoms with E-state index in [1.807, 2.05) is 37.3 Å². The zero-order valence-electron chi connectivity index (χ0n) is 12.8. The van der Waals surface area contributed by atoms with Crippen LogP contribution >= 0.6 is 0 Å². The van der Waals surface area contributed by atoms with Crippen LogP contribution in [0.15, 0.2) is 35.2 Å². The smallest absolute Gasteiger partial charge is 0.242 e. The van der Waals surface area contributed by atoms with Gasteiger partial charge >= 0.3 is 0 Å². The van der Waals surface area contributed by atoms with Gasteiger partial charge in [0.2, 0.25) is 11.8 Å².